The van der Waals surface area contributed by atoms with Crippen molar-refractivity contribution in [3.63, 3.8) is 0 Å². The molecule has 0 atom stereocenters. The first-order chi connectivity index (χ1) is 10.0. The maximum absolute atomic E-state index is 12.4. The van der Waals surface area contributed by atoms with Gasteiger partial charge >= 0.3 is 0 Å². The van der Waals surface area contributed by atoms with Crippen LogP contribution in [-0.4, -0.2) is 22.8 Å². The van der Waals surface area contributed by atoms with E-state index >= 15 is 0 Å². The fourth-order valence-corrected chi connectivity index (χ4v) is 2.27. The van der Waals surface area contributed by atoms with Gasteiger partial charge in [0.1, 0.15) is 5.82 Å². The van der Waals surface area contributed by atoms with Gasteiger partial charge in [-0.1, -0.05) is 12.1 Å². The minimum Gasteiger partial charge on any atom is -0.545 e. The first-order valence-corrected chi connectivity index (χ1v) is 6.16. The Morgan fingerprint density at radius 3 is 2.52 bits per heavy atom. The first kappa shape index (κ1) is 13.0. The first-order valence-electron chi connectivity index (χ1n) is 6.16. The predicted molar refractivity (Wildman–Crippen MR) is 70.9 cm³/mol. The zero-order valence-corrected chi connectivity index (χ0v) is 11.0. The molecule has 2 amide bonds. The van der Waals surface area contributed by atoms with Gasteiger partial charge in [-0.3, -0.25) is 9.59 Å². The monoisotopic (exact) mass is 281 g/mol. The van der Waals surface area contributed by atoms with Gasteiger partial charge in [-0.15, -0.1) is 0 Å². The Morgan fingerprint density at radius 1 is 1.14 bits per heavy atom. The van der Waals surface area contributed by atoms with Gasteiger partial charge in [-0.2, -0.15) is 0 Å². The zero-order valence-electron chi connectivity index (χ0n) is 11.0. The van der Waals surface area contributed by atoms with Crippen LogP contribution in [0.3, 0.4) is 0 Å². The van der Waals surface area contributed by atoms with Gasteiger partial charge in [0.15, 0.2) is 0 Å². The number of pyridine rings is 1. The molecule has 6 nitrogen and oxygen atoms in total. The number of anilines is 1. The number of aromatic nitrogens is 1. The average molecular weight is 281 g/mol. The number of rotatable bonds is 2. The second kappa shape index (κ2) is 4.52. The number of amides is 2. The van der Waals surface area contributed by atoms with E-state index in [1.807, 2.05) is 0 Å². The zero-order chi connectivity index (χ0) is 15.1. The van der Waals surface area contributed by atoms with Gasteiger partial charge in [-0.05, 0) is 36.2 Å². The fraction of sp³-hybridized carbons (Fsp3) is 0.0667. The quantitative estimate of drug-likeness (QED) is 0.750. The van der Waals surface area contributed by atoms with Crippen LogP contribution in [0.2, 0.25) is 0 Å². The standard InChI is InChI=1S/C15H10N2O4/c1-8-3-2-6-16-12(8)17-13(18)10-5-4-9(15(20)21)7-11(10)14(17)19/h2-7H,1H3,(H,20,21)/p-1. The largest absolute Gasteiger partial charge is 0.545 e. The molecule has 0 spiro atoms. The number of hydrogen-bond acceptors (Lipinski definition) is 5. The Balaban J connectivity index is 2.13. The molecule has 0 unspecified atom stereocenters. The van der Waals surface area contributed by atoms with Crippen molar-refractivity contribution >= 4 is 23.6 Å². The minimum atomic E-state index is -1.40. The molecule has 0 N–H and O–H groups in total. The number of nitrogens with zero attached hydrogens (tertiary/aromatic N) is 2. The van der Waals surface area contributed by atoms with Crippen molar-refractivity contribution in [3.05, 3.63) is 58.8 Å². The maximum atomic E-state index is 12.4. The van der Waals surface area contributed by atoms with E-state index in [0.29, 0.717) is 5.56 Å². The Kier molecular flexibility index (Phi) is 2.79. The molecule has 21 heavy (non-hydrogen) atoms. The van der Waals surface area contributed by atoms with Crippen LogP contribution >= 0.6 is 0 Å². The summed E-state index contributed by atoms with van der Waals surface area (Å²) in [5.74, 6) is -2.24. The van der Waals surface area contributed by atoms with Gasteiger partial charge in [0.2, 0.25) is 0 Å². The summed E-state index contributed by atoms with van der Waals surface area (Å²) in [5.41, 5.74) is 0.739. The molecule has 1 aromatic heterocycles. The van der Waals surface area contributed by atoms with E-state index in [-0.39, 0.29) is 22.5 Å². The van der Waals surface area contributed by atoms with Crippen molar-refractivity contribution in [3.8, 4) is 0 Å². The van der Waals surface area contributed by atoms with Gasteiger partial charge < -0.3 is 9.90 Å². The molecule has 0 saturated heterocycles. The highest BCUT2D eigenvalue weighted by molar-refractivity contribution is 6.34. The number of imide groups is 1. The molecular weight excluding hydrogens is 272 g/mol. The number of benzene rings is 1. The smallest absolute Gasteiger partial charge is 0.267 e. The minimum absolute atomic E-state index is 0.0479. The van der Waals surface area contributed by atoms with E-state index in [1.165, 1.54) is 18.3 Å². The lowest BCUT2D eigenvalue weighted by Gasteiger charge is -2.14. The lowest BCUT2D eigenvalue weighted by molar-refractivity contribution is -0.255. The highest BCUT2D eigenvalue weighted by Gasteiger charge is 2.38. The van der Waals surface area contributed by atoms with Crippen LogP contribution in [0.4, 0.5) is 5.82 Å². The van der Waals surface area contributed by atoms with Gasteiger partial charge in [-0.25, -0.2) is 9.88 Å². The van der Waals surface area contributed by atoms with Crippen LogP contribution in [0.25, 0.3) is 0 Å². The Bertz CT molecular complexity index is 798. The molecule has 0 aliphatic carbocycles. The number of carboxylic acids is 1. The third kappa shape index (κ3) is 1.88. The van der Waals surface area contributed by atoms with Crippen LogP contribution in [-0.2, 0) is 0 Å². The summed E-state index contributed by atoms with van der Waals surface area (Å²) in [6, 6.07) is 7.15. The third-order valence-corrected chi connectivity index (χ3v) is 3.32. The Labute approximate surface area is 119 Å². The van der Waals surface area contributed by atoms with Crippen LogP contribution < -0.4 is 10.0 Å². The van der Waals surface area contributed by atoms with E-state index < -0.39 is 17.8 Å². The molecule has 1 aromatic carbocycles. The van der Waals surface area contributed by atoms with E-state index in [4.69, 9.17) is 0 Å². The SMILES string of the molecule is Cc1cccnc1N1C(=O)c2ccc(C(=O)[O-])cc2C1=O. The second-order valence-corrected chi connectivity index (χ2v) is 4.64. The summed E-state index contributed by atoms with van der Waals surface area (Å²) in [6.45, 7) is 1.73. The molecule has 0 bridgehead atoms. The van der Waals surface area contributed by atoms with E-state index in [2.05, 4.69) is 4.98 Å². The fourth-order valence-electron chi connectivity index (χ4n) is 2.27. The van der Waals surface area contributed by atoms with Crippen molar-refractivity contribution in [2.45, 2.75) is 6.92 Å². The molecular formula is C15H9N2O4-. The summed E-state index contributed by atoms with van der Waals surface area (Å²) in [4.78, 5) is 40.6. The lowest BCUT2D eigenvalue weighted by Crippen LogP contribution is -2.30. The highest BCUT2D eigenvalue weighted by atomic mass is 16.4. The van der Waals surface area contributed by atoms with E-state index in [1.54, 1.807) is 19.1 Å². The third-order valence-electron chi connectivity index (χ3n) is 3.32. The average Bonchev–Trinajstić information content (AvgIpc) is 2.71. The van der Waals surface area contributed by atoms with Gasteiger partial charge in [0.25, 0.3) is 11.8 Å². The molecule has 2 aromatic rings. The number of carbonyl (C=O) groups is 3. The Morgan fingerprint density at radius 2 is 1.86 bits per heavy atom. The molecule has 6 heteroatoms. The predicted octanol–water partition coefficient (Wildman–Crippen LogP) is 0.554. The summed E-state index contributed by atoms with van der Waals surface area (Å²) in [5, 5.41) is 10.9. The number of aryl methyl sites for hydroxylation is 1. The van der Waals surface area contributed by atoms with Gasteiger partial charge in [0, 0.05) is 6.20 Å². The molecule has 1 aliphatic heterocycles. The number of fused-ring (bicyclic) bond motifs is 1. The van der Waals surface area contributed by atoms with E-state index in [9.17, 15) is 19.5 Å². The summed E-state index contributed by atoms with van der Waals surface area (Å²) >= 11 is 0. The lowest BCUT2D eigenvalue weighted by atomic mass is 10.1. The molecule has 104 valence electrons. The summed E-state index contributed by atoms with van der Waals surface area (Å²) in [6.07, 6.45) is 1.48. The van der Waals surface area contributed by atoms with Crippen molar-refractivity contribution in [1.82, 2.24) is 4.98 Å². The van der Waals surface area contributed by atoms with Crippen LogP contribution in [0.1, 0.15) is 36.6 Å². The van der Waals surface area contributed by atoms with Crippen LogP contribution in [0, 0.1) is 6.92 Å². The number of aromatic carboxylic acids is 1. The molecule has 3 rings (SSSR count). The second-order valence-electron chi connectivity index (χ2n) is 4.64. The summed E-state index contributed by atoms with van der Waals surface area (Å²) in [7, 11) is 0. The van der Waals surface area contributed by atoms with Crippen molar-refractivity contribution in [2.24, 2.45) is 0 Å². The van der Waals surface area contributed by atoms with Crippen molar-refractivity contribution in [2.75, 3.05) is 4.90 Å². The number of hydrogen-bond donors (Lipinski definition) is 0. The maximum Gasteiger partial charge on any atom is 0.267 e. The topological polar surface area (TPSA) is 90.4 Å². The molecule has 1 aliphatic rings. The molecule has 2 heterocycles. The Hall–Kier alpha value is -3.02. The van der Waals surface area contributed by atoms with Crippen molar-refractivity contribution in [1.29, 1.82) is 0 Å². The molecule has 0 fully saturated rings. The van der Waals surface area contributed by atoms with Crippen LogP contribution in [0.15, 0.2) is 36.5 Å². The van der Waals surface area contributed by atoms with E-state index in [0.717, 1.165) is 11.0 Å². The normalized spacial score (nSPS) is 13.5. The molecule has 0 radical (unpaired) electrons. The van der Waals surface area contributed by atoms with Gasteiger partial charge in [0.05, 0.1) is 17.1 Å². The van der Waals surface area contributed by atoms with Crippen molar-refractivity contribution < 1.29 is 19.5 Å². The summed E-state index contributed by atoms with van der Waals surface area (Å²) < 4.78 is 0. The van der Waals surface area contributed by atoms with Crippen LogP contribution in [0.5, 0.6) is 0 Å². The number of carbonyl (C=O) groups excluding carboxylic acids is 3. The highest BCUT2D eigenvalue weighted by Crippen LogP contribution is 2.29. The number of carboxylic acid groups (broad SMARTS) is 1. The molecule has 0 saturated carbocycles.